The van der Waals surface area contributed by atoms with Gasteiger partial charge in [-0.25, -0.2) is 0 Å². The van der Waals surface area contributed by atoms with Gasteiger partial charge >= 0.3 is 0 Å². The Bertz CT molecular complexity index is 453. The largest absolute Gasteiger partial charge is 0.396 e. The molecule has 98 valence electrons. The van der Waals surface area contributed by atoms with Crippen molar-refractivity contribution < 1.29 is 5.11 Å². The Hall–Kier alpha value is -0.650. The molecule has 1 atom stereocenters. The first-order valence-electron chi connectivity index (χ1n) is 6.07. The van der Waals surface area contributed by atoms with Gasteiger partial charge in [0.1, 0.15) is 4.99 Å². The van der Waals surface area contributed by atoms with Crippen LogP contribution in [0.2, 0.25) is 0 Å². The number of aliphatic hydroxyl groups is 1. The molecule has 1 heterocycles. The maximum absolute atomic E-state index is 8.97. The van der Waals surface area contributed by atoms with Gasteiger partial charge in [0.2, 0.25) is 0 Å². The van der Waals surface area contributed by atoms with Crippen LogP contribution in [0.3, 0.4) is 0 Å². The van der Waals surface area contributed by atoms with E-state index in [4.69, 9.17) is 23.1 Å². The molecule has 0 spiro atoms. The molecule has 3 N–H and O–H groups in total. The highest BCUT2D eigenvalue weighted by Crippen LogP contribution is 2.29. The number of halogens is 1. The lowest BCUT2D eigenvalue weighted by Crippen LogP contribution is -2.20. The minimum atomic E-state index is 0.280. The fourth-order valence-corrected chi connectivity index (χ4v) is 3.28. The van der Waals surface area contributed by atoms with E-state index in [0.717, 1.165) is 36.0 Å². The highest BCUT2D eigenvalue weighted by atomic mass is 79.9. The van der Waals surface area contributed by atoms with Gasteiger partial charge in [0.15, 0.2) is 0 Å². The number of nitrogens with zero attached hydrogens (tertiary/aromatic N) is 1. The zero-order chi connectivity index (χ0) is 13.1. The van der Waals surface area contributed by atoms with E-state index in [-0.39, 0.29) is 6.61 Å². The van der Waals surface area contributed by atoms with Gasteiger partial charge in [-0.05, 0) is 52.9 Å². The molecule has 0 bridgehead atoms. The SMILES string of the molecule is NC(=S)c1ccc(N2CCC(CCO)C2)cc1Br. The quantitative estimate of drug-likeness (QED) is 0.832. The summed E-state index contributed by atoms with van der Waals surface area (Å²) in [5.74, 6) is 0.601. The summed E-state index contributed by atoms with van der Waals surface area (Å²) in [7, 11) is 0. The van der Waals surface area contributed by atoms with E-state index < -0.39 is 0 Å². The smallest absolute Gasteiger partial charge is 0.105 e. The molecule has 0 saturated carbocycles. The van der Waals surface area contributed by atoms with Gasteiger partial charge in [0, 0.05) is 35.4 Å². The zero-order valence-corrected chi connectivity index (χ0v) is 12.5. The highest BCUT2D eigenvalue weighted by molar-refractivity contribution is 9.10. The lowest BCUT2D eigenvalue weighted by Gasteiger charge is -2.19. The third kappa shape index (κ3) is 3.02. The second-order valence-corrected chi connectivity index (χ2v) is 5.94. The molecule has 0 aliphatic carbocycles. The van der Waals surface area contributed by atoms with E-state index in [1.54, 1.807) is 0 Å². The topological polar surface area (TPSA) is 49.5 Å². The fourth-order valence-electron chi connectivity index (χ4n) is 2.39. The molecular weight excluding hydrogens is 312 g/mol. The van der Waals surface area contributed by atoms with E-state index in [1.165, 1.54) is 5.69 Å². The van der Waals surface area contributed by atoms with Crippen LogP contribution in [0.4, 0.5) is 5.69 Å². The Morgan fingerprint density at radius 1 is 1.56 bits per heavy atom. The molecule has 1 aliphatic rings. The summed E-state index contributed by atoms with van der Waals surface area (Å²) >= 11 is 8.49. The van der Waals surface area contributed by atoms with Crippen LogP contribution in [0.15, 0.2) is 22.7 Å². The van der Waals surface area contributed by atoms with Gasteiger partial charge in [0.05, 0.1) is 0 Å². The molecule has 1 aliphatic heterocycles. The number of benzene rings is 1. The van der Waals surface area contributed by atoms with Crippen LogP contribution in [0.25, 0.3) is 0 Å². The van der Waals surface area contributed by atoms with Crippen LogP contribution in [0.5, 0.6) is 0 Å². The van der Waals surface area contributed by atoms with E-state index in [2.05, 4.69) is 33.0 Å². The van der Waals surface area contributed by atoms with Gasteiger partial charge in [0.25, 0.3) is 0 Å². The minimum Gasteiger partial charge on any atom is -0.396 e. The molecule has 5 heteroatoms. The Morgan fingerprint density at radius 2 is 2.33 bits per heavy atom. The molecular formula is C13H17BrN2OS. The predicted octanol–water partition coefficient (Wildman–Crippen LogP) is 2.29. The molecule has 1 aromatic carbocycles. The second-order valence-electron chi connectivity index (χ2n) is 4.64. The first-order chi connectivity index (χ1) is 8.61. The van der Waals surface area contributed by atoms with Gasteiger partial charge in [-0.2, -0.15) is 0 Å². The summed E-state index contributed by atoms with van der Waals surface area (Å²) in [5.41, 5.74) is 7.70. The predicted molar refractivity (Wildman–Crippen MR) is 82.1 cm³/mol. The Kier molecular flexibility index (Phi) is 4.59. The Labute approximate surface area is 121 Å². The van der Waals surface area contributed by atoms with E-state index in [9.17, 15) is 0 Å². The standard InChI is InChI=1S/C13H17BrN2OS/c14-12-7-10(1-2-11(12)13(15)18)16-5-3-9(8-16)4-6-17/h1-2,7,9,17H,3-6,8H2,(H2,15,18). The number of thiocarbonyl (C=S) groups is 1. The Morgan fingerprint density at radius 3 is 2.94 bits per heavy atom. The van der Waals surface area contributed by atoms with Crippen molar-refractivity contribution in [3.8, 4) is 0 Å². The van der Waals surface area contributed by atoms with Crippen LogP contribution < -0.4 is 10.6 Å². The van der Waals surface area contributed by atoms with Crippen LogP contribution in [0, 0.1) is 5.92 Å². The van der Waals surface area contributed by atoms with Gasteiger partial charge < -0.3 is 15.7 Å². The van der Waals surface area contributed by atoms with Crippen LogP contribution in [0.1, 0.15) is 18.4 Å². The van der Waals surface area contributed by atoms with Crippen molar-refractivity contribution in [1.29, 1.82) is 0 Å². The average molecular weight is 329 g/mol. The summed E-state index contributed by atoms with van der Waals surface area (Å²) in [6, 6.07) is 6.08. The number of rotatable bonds is 4. The number of hydrogen-bond donors (Lipinski definition) is 2. The molecule has 1 aromatic rings. The number of anilines is 1. The van der Waals surface area contributed by atoms with Gasteiger partial charge in [-0.3, -0.25) is 0 Å². The summed E-state index contributed by atoms with van der Waals surface area (Å²) in [4.78, 5) is 2.75. The van der Waals surface area contributed by atoms with Crippen molar-refractivity contribution >= 4 is 38.8 Å². The van der Waals surface area contributed by atoms with Crippen molar-refractivity contribution in [3.63, 3.8) is 0 Å². The summed E-state index contributed by atoms with van der Waals surface area (Å²) in [6.07, 6.45) is 2.04. The van der Waals surface area contributed by atoms with Crippen molar-refractivity contribution in [2.75, 3.05) is 24.6 Å². The van der Waals surface area contributed by atoms with E-state index >= 15 is 0 Å². The normalized spacial score (nSPS) is 19.2. The first-order valence-corrected chi connectivity index (χ1v) is 7.27. The van der Waals surface area contributed by atoms with Crippen molar-refractivity contribution in [1.82, 2.24) is 0 Å². The lowest BCUT2D eigenvalue weighted by atomic mass is 10.1. The van der Waals surface area contributed by atoms with Crippen LogP contribution >= 0.6 is 28.1 Å². The van der Waals surface area contributed by atoms with Crippen molar-refractivity contribution in [3.05, 3.63) is 28.2 Å². The lowest BCUT2D eigenvalue weighted by molar-refractivity contribution is 0.263. The molecule has 18 heavy (non-hydrogen) atoms. The first kappa shape index (κ1) is 13.8. The summed E-state index contributed by atoms with van der Waals surface area (Å²) in [6.45, 7) is 2.34. The third-order valence-electron chi connectivity index (χ3n) is 3.41. The number of hydrogen-bond acceptors (Lipinski definition) is 3. The zero-order valence-electron chi connectivity index (χ0n) is 10.1. The highest BCUT2D eigenvalue weighted by Gasteiger charge is 2.22. The summed E-state index contributed by atoms with van der Waals surface area (Å²) in [5, 5.41) is 8.97. The molecule has 1 unspecified atom stereocenters. The van der Waals surface area contributed by atoms with Gasteiger partial charge in [-0.15, -0.1) is 0 Å². The molecule has 0 radical (unpaired) electrons. The molecule has 1 fully saturated rings. The fraction of sp³-hybridized carbons (Fsp3) is 0.462. The maximum atomic E-state index is 8.97. The van der Waals surface area contributed by atoms with Gasteiger partial charge in [-0.1, -0.05) is 12.2 Å². The molecule has 3 nitrogen and oxygen atoms in total. The van der Waals surface area contributed by atoms with E-state index in [0.29, 0.717) is 10.9 Å². The second kappa shape index (κ2) is 5.99. The minimum absolute atomic E-state index is 0.280. The van der Waals surface area contributed by atoms with E-state index in [1.807, 2.05) is 6.07 Å². The van der Waals surface area contributed by atoms with Crippen LogP contribution in [-0.4, -0.2) is 29.8 Å². The van der Waals surface area contributed by atoms with Crippen molar-refractivity contribution in [2.45, 2.75) is 12.8 Å². The summed E-state index contributed by atoms with van der Waals surface area (Å²) < 4.78 is 0.943. The molecule has 0 amide bonds. The van der Waals surface area contributed by atoms with Crippen molar-refractivity contribution in [2.24, 2.45) is 11.7 Å². The third-order valence-corrected chi connectivity index (χ3v) is 4.28. The number of aliphatic hydroxyl groups excluding tert-OH is 1. The average Bonchev–Trinajstić information content (AvgIpc) is 2.77. The number of nitrogens with two attached hydrogens (primary N) is 1. The Balaban J connectivity index is 2.11. The maximum Gasteiger partial charge on any atom is 0.105 e. The monoisotopic (exact) mass is 328 g/mol. The molecule has 0 aromatic heterocycles. The molecule has 2 rings (SSSR count). The van der Waals surface area contributed by atoms with Crippen LogP contribution in [-0.2, 0) is 0 Å². The molecule has 1 saturated heterocycles.